The number of hydrogen-bond acceptors (Lipinski definition) is 4. The molecule has 3 rings (SSSR count). The van der Waals surface area contributed by atoms with E-state index in [0.717, 1.165) is 32.3 Å². The van der Waals surface area contributed by atoms with Crippen molar-refractivity contribution >= 4 is 32.7 Å². The summed E-state index contributed by atoms with van der Waals surface area (Å²) in [5.74, 6) is 0. The molecule has 0 aliphatic carbocycles. The number of aromatic nitrogens is 2. The van der Waals surface area contributed by atoms with Crippen LogP contribution in [0.4, 0.5) is 5.69 Å². The molecule has 0 atom stereocenters. The molecule has 5 heteroatoms. The first-order valence-electron chi connectivity index (χ1n) is 6.59. The SMILES string of the molecule is OCc1cccc(CNc2ccnc3cc(Br)cnc23)c1. The monoisotopic (exact) mass is 343 g/mol. The van der Waals surface area contributed by atoms with Crippen LogP contribution < -0.4 is 5.32 Å². The summed E-state index contributed by atoms with van der Waals surface area (Å²) >= 11 is 3.40. The molecule has 0 aliphatic rings. The van der Waals surface area contributed by atoms with Gasteiger partial charge in [0.05, 0.1) is 17.8 Å². The Morgan fingerprint density at radius 3 is 2.81 bits per heavy atom. The average Bonchev–Trinajstić information content (AvgIpc) is 2.52. The number of hydrogen-bond donors (Lipinski definition) is 2. The maximum atomic E-state index is 9.17. The first-order chi connectivity index (χ1) is 10.3. The summed E-state index contributed by atoms with van der Waals surface area (Å²) in [6, 6.07) is 11.7. The summed E-state index contributed by atoms with van der Waals surface area (Å²) in [7, 11) is 0. The molecule has 2 heterocycles. The van der Waals surface area contributed by atoms with Gasteiger partial charge in [-0.2, -0.15) is 0 Å². The maximum absolute atomic E-state index is 9.17. The summed E-state index contributed by atoms with van der Waals surface area (Å²) in [5, 5.41) is 12.5. The number of anilines is 1. The van der Waals surface area contributed by atoms with Gasteiger partial charge in [-0.1, -0.05) is 24.3 Å². The van der Waals surface area contributed by atoms with Crippen LogP contribution in [0.25, 0.3) is 11.0 Å². The van der Waals surface area contributed by atoms with Crippen molar-refractivity contribution in [3.8, 4) is 0 Å². The van der Waals surface area contributed by atoms with Crippen molar-refractivity contribution < 1.29 is 5.11 Å². The van der Waals surface area contributed by atoms with Gasteiger partial charge in [0, 0.05) is 23.4 Å². The fraction of sp³-hybridized carbons (Fsp3) is 0.125. The second-order valence-electron chi connectivity index (χ2n) is 4.71. The van der Waals surface area contributed by atoms with Crippen LogP contribution in [0.2, 0.25) is 0 Å². The summed E-state index contributed by atoms with van der Waals surface area (Å²) in [6.07, 6.45) is 3.53. The highest BCUT2D eigenvalue weighted by molar-refractivity contribution is 9.10. The molecular weight excluding hydrogens is 330 g/mol. The van der Waals surface area contributed by atoms with Crippen LogP contribution in [0.3, 0.4) is 0 Å². The standard InChI is InChI=1S/C16H14BrN3O/c17-13-7-15-16(20-9-13)14(4-5-18-15)19-8-11-2-1-3-12(6-11)10-21/h1-7,9,21H,8,10H2,(H,18,19). The lowest BCUT2D eigenvalue weighted by atomic mass is 10.1. The normalized spacial score (nSPS) is 10.8. The Labute approximate surface area is 131 Å². The molecule has 0 saturated heterocycles. The molecule has 106 valence electrons. The van der Waals surface area contributed by atoms with Crippen LogP contribution in [0, 0.1) is 0 Å². The fourth-order valence-electron chi connectivity index (χ4n) is 2.18. The zero-order valence-corrected chi connectivity index (χ0v) is 12.8. The van der Waals surface area contributed by atoms with E-state index in [9.17, 15) is 5.11 Å². The predicted octanol–water partition coefficient (Wildman–Crippen LogP) is 3.50. The molecule has 21 heavy (non-hydrogen) atoms. The number of halogens is 1. The van der Waals surface area contributed by atoms with Gasteiger partial charge >= 0.3 is 0 Å². The quantitative estimate of drug-likeness (QED) is 0.761. The van der Waals surface area contributed by atoms with Gasteiger partial charge in [0.15, 0.2) is 0 Å². The molecule has 0 aliphatic heterocycles. The molecular formula is C16H14BrN3O. The van der Waals surface area contributed by atoms with E-state index in [4.69, 9.17) is 0 Å². The number of pyridine rings is 2. The minimum atomic E-state index is 0.0572. The number of rotatable bonds is 4. The lowest BCUT2D eigenvalue weighted by Gasteiger charge is -2.09. The molecule has 0 radical (unpaired) electrons. The average molecular weight is 344 g/mol. The van der Waals surface area contributed by atoms with Crippen molar-refractivity contribution in [1.82, 2.24) is 9.97 Å². The topological polar surface area (TPSA) is 58.0 Å². The van der Waals surface area contributed by atoms with E-state index >= 15 is 0 Å². The number of benzene rings is 1. The van der Waals surface area contributed by atoms with Crippen LogP contribution >= 0.6 is 15.9 Å². The largest absolute Gasteiger partial charge is 0.392 e. The van der Waals surface area contributed by atoms with Gasteiger partial charge in [0.1, 0.15) is 5.52 Å². The van der Waals surface area contributed by atoms with Gasteiger partial charge in [-0.25, -0.2) is 0 Å². The van der Waals surface area contributed by atoms with Gasteiger partial charge < -0.3 is 10.4 Å². The number of aliphatic hydroxyl groups is 1. The molecule has 3 aromatic rings. The molecule has 2 aromatic heterocycles. The second kappa shape index (κ2) is 6.20. The number of nitrogens with zero attached hydrogens (tertiary/aromatic N) is 2. The third kappa shape index (κ3) is 3.20. The van der Waals surface area contributed by atoms with Gasteiger partial charge in [0.25, 0.3) is 0 Å². The molecule has 0 spiro atoms. The highest BCUT2D eigenvalue weighted by atomic mass is 79.9. The Bertz CT molecular complexity index is 776. The van der Waals surface area contributed by atoms with E-state index in [1.807, 2.05) is 36.4 Å². The molecule has 0 unspecified atom stereocenters. The summed E-state index contributed by atoms with van der Waals surface area (Å²) in [4.78, 5) is 8.73. The smallest absolute Gasteiger partial charge is 0.112 e. The van der Waals surface area contributed by atoms with E-state index in [-0.39, 0.29) is 6.61 Å². The van der Waals surface area contributed by atoms with Gasteiger partial charge in [0.2, 0.25) is 0 Å². The van der Waals surface area contributed by atoms with Crippen LogP contribution in [-0.2, 0) is 13.2 Å². The summed E-state index contributed by atoms with van der Waals surface area (Å²) in [6.45, 7) is 0.728. The lowest BCUT2D eigenvalue weighted by Crippen LogP contribution is -2.01. The Hall–Kier alpha value is -1.98. The number of fused-ring (bicyclic) bond motifs is 1. The lowest BCUT2D eigenvalue weighted by molar-refractivity contribution is 0.281. The zero-order chi connectivity index (χ0) is 14.7. The van der Waals surface area contributed by atoms with Crippen LogP contribution in [0.1, 0.15) is 11.1 Å². The van der Waals surface area contributed by atoms with Crippen LogP contribution in [0.5, 0.6) is 0 Å². The van der Waals surface area contributed by atoms with Crippen molar-refractivity contribution in [3.63, 3.8) is 0 Å². The zero-order valence-electron chi connectivity index (χ0n) is 11.3. The summed E-state index contributed by atoms with van der Waals surface area (Å²) < 4.78 is 0.912. The third-order valence-electron chi connectivity index (χ3n) is 3.20. The van der Waals surface area contributed by atoms with Crippen molar-refractivity contribution in [2.45, 2.75) is 13.2 Å². The first kappa shape index (κ1) is 14.0. The molecule has 4 nitrogen and oxygen atoms in total. The van der Waals surface area contributed by atoms with Crippen molar-refractivity contribution in [2.24, 2.45) is 0 Å². The van der Waals surface area contributed by atoms with Gasteiger partial charge in [-0.3, -0.25) is 9.97 Å². The number of nitrogens with one attached hydrogen (secondary N) is 1. The molecule has 1 aromatic carbocycles. The highest BCUT2D eigenvalue weighted by Gasteiger charge is 2.04. The Morgan fingerprint density at radius 1 is 1.10 bits per heavy atom. The van der Waals surface area contributed by atoms with Crippen molar-refractivity contribution in [3.05, 3.63) is 64.4 Å². The second-order valence-corrected chi connectivity index (χ2v) is 5.63. The Balaban J connectivity index is 1.84. The van der Waals surface area contributed by atoms with E-state index in [1.54, 1.807) is 12.4 Å². The Morgan fingerprint density at radius 2 is 1.95 bits per heavy atom. The molecule has 0 amide bonds. The van der Waals surface area contributed by atoms with Gasteiger partial charge in [-0.15, -0.1) is 0 Å². The summed E-state index contributed by atoms with van der Waals surface area (Å²) in [5.41, 5.74) is 4.67. The van der Waals surface area contributed by atoms with E-state index in [2.05, 4.69) is 31.2 Å². The van der Waals surface area contributed by atoms with Crippen molar-refractivity contribution in [2.75, 3.05) is 5.32 Å². The van der Waals surface area contributed by atoms with Gasteiger partial charge in [-0.05, 0) is 39.2 Å². The van der Waals surface area contributed by atoms with E-state index in [1.165, 1.54) is 0 Å². The molecule has 0 saturated carbocycles. The Kier molecular flexibility index (Phi) is 4.13. The molecule has 2 N–H and O–H groups in total. The van der Waals surface area contributed by atoms with Crippen LogP contribution in [0.15, 0.2) is 53.3 Å². The molecule has 0 bridgehead atoms. The number of aliphatic hydroxyl groups excluding tert-OH is 1. The van der Waals surface area contributed by atoms with Crippen molar-refractivity contribution in [1.29, 1.82) is 0 Å². The van der Waals surface area contributed by atoms with E-state index < -0.39 is 0 Å². The third-order valence-corrected chi connectivity index (χ3v) is 3.63. The minimum Gasteiger partial charge on any atom is -0.392 e. The molecule has 0 fully saturated rings. The predicted molar refractivity (Wildman–Crippen MR) is 86.9 cm³/mol. The minimum absolute atomic E-state index is 0.0572. The first-order valence-corrected chi connectivity index (χ1v) is 7.38. The highest BCUT2D eigenvalue weighted by Crippen LogP contribution is 2.22. The maximum Gasteiger partial charge on any atom is 0.112 e. The fourth-order valence-corrected chi connectivity index (χ4v) is 2.50. The van der Waals surface area contributed by atoms with E-state index in [0.29, 0.717) is 6.54 Å². The van der Waals surface area contributed by atoms with Crippen LogP contribution in [-0.4, -0.2) is 15.1 Å².